The first-order valence-corrected chi connectivity index (χ1v) is 11.1. The van der Waals surface area contributed by atoms with E-state index in [0.717, 1.165) is 32.1 Å². The van der Waals surface area contributed by atoms with Crippen molar-refractivity contribution >= 4 is 28.3 Å². The summed E-state index contributed by atoms with van der Waals surface area (Å²) in [6, 6.07) is 7.65. The lowest BCUT2D eigenvalue weighted by Gasteiger charge is -2.29. The van der Waals surface area contributed by atoms with Gasteiger partial charge >= 0.3 is 0 Å². The van der Waals surface area contributed by atoms with Crippen LogP contribution < -0.4 is 10.6 Å². The SMILES string of the molecule is Cl.O=C(NC1CC2CCC(C1)N2)c1cccc(S(=O)(=O)N2CCCCC2)c1. The van der Waals surface area contributed by atoms with Crippen molar-refractivity contribution in [1.29, 1.82) is 0 Å². The summed E-state index contributed by atoms with van der Waals surface area (Å²) in [7, 11) is -3.52. The quantitative estimate of drug-likeness (QED) is 0.793. The maximum Gasteiger partial charge on any atom is 0.251 e. The maximum atomic E-state index is 12.8. The van der Waals surface area contributed by atoms with Gasteiger partial charge in [-0.3, -0.25) is 4.79 Å². The second kappa shape index (κ2) is 8.47. The van der Waals surface area contributed by atoms with E-state index in [1.807, 2.05) is 0 Å². The smallest absolute Gasteiger partial charge is 0.251 e. The van der Waals surface area contributed by atoms with Gasteiger partial charge in [0.25, 0.3) is 5.91 Å². The highest BCUT2D eigenvalue weighted by molar-refractivity contribution is 7.89. The van der Waals surface area contributed by atoms with E-state index in [2.05, 4.69) is 10.6 Å². The Balaban J connectivity index is 0.00000210. The van der Waals surface area contributed by atoms with E-state index in [9.17, 15) is 13.2 Å². The number of rotatable bonds is 4. The summed E-state index contributed by atoms with van der Waals surface area (Å²) < 4.78 is 27.2. The fourth-order valence-electron chi connectivity index (χ4n) is 4.50. The van der Waals surface area contributed by atoms with E-state index < -0.39 is 10.0 Å². The summed E-state index contributed by atoms with van der Waals surface area (Å²) in [5.41, 5.74) is 0.425. The van der Waals surface area contributed by atoms with Crippen LogP contribution in [0.4, 0.5) is 0 Å². The van der Waals surface area contributed by atoms with Crippen LogP contribution in [0.2, 0.25) is 0 Å². The average Bonchev–Trinajstić information content (AvgIpc) is 3.01. The molecule has 0 radical (unpaired) electrons. The van der Waals surface area contributed by atoms with Crippen LogP contribution in [0.5, 0.6) is 0 Å². The Morgan fingerprint density at radius 2 is 1.74 bits per heavy atom. The summed E-state index contributed by atoms with van der Waals surface area (Å²) in [6.07, 6.45) is 7.14. The van der Waals surface area contributed by atoms with Crippen molar-refractivity contribution < 1.29 is 13.2 Å². The normalized spacial score (nSPS) is 28.4. The molecule has 27 heavy (non-hydrogen) atoms. The molecule has 3 heterocycles. The number of fused-ring (bicyclic) bond motifs is 2. The van der Waals surface area contributed by atoms with Gasteiger partial charge in [0.15, 0.2) is 0 Å². The van der Waals surface area contributed by atoms with Crippen LogP contribution in [0.15, 0.2) is 29.2 Å². The Kier molecular flexibility index (Phi) is 6.46. The summed E-state index contributed by atoms with van der Waals surface area (Å²) >= 11 is 0. The molecule has 2 N–H and O–H groups in total. The molecule has 1 aromatic carbocycles. The van der Waals surface area contributed by atoms with Crippen LogP contribution in [0.25, 0.3) is 0 Å². The van der Waals surface area contributed by atoms with Crippen LogP contribution in [0.3, 0.4) is 0 Å². The Morgan fingerprint density at radius 3 is 2.41 bits per heavy atom. The number of sulfonamides is 1. The first kappa shape index (κ1) is 20.6. The number of piperidine rings is 2. The van der Waals surface area contributed by atoms with Crippen molar-refractivity contribution in [2.45, 2.75) is 68.0 Å². The minimum atomic E-state index is -3.52. The number of halogens is 1. The molecule has 0 spiro atoms. The minimum Gasteiger partial charge on any atom is -0.349 e. The van der Waals surface area contributed by atoms with Crippen LogP contribution in [-0.2, 0) is 10.0 Å². The third kappa shape index (κ3) is 4.47. The van der Waals surface area contributed by atoms with Gasteiger partial charge in [-0.05, 0) is 56.7 Å². The third-order valence-corrected chi connectivity index (χ3v) is 7.75. The number of benzene rings is 1. The number of nitrogens with one attached hydrogen (secondary N) is 2. The van der Waals surface area contributed by atoms with Crippen molar-refractivity contribution in [3.05, 3.63) is 29.8 Å². The van der Waals surface area contributed by atoms with Gasteiger partial charge in [-0.2, -0.15) is 4.31 Å². The molecule has 4 rings (SSSR count). The summed E-state index contributed by atoms with van der Waals surface area (Å²) in [5.74, 6) is -0.174. The lowest BCUT2D eigenvalue weighted by Crippen LogP contribution is -2.48. The Morgan fingerprint density at radius 1 is 1.07 bits per heavy atom. The topological polar surface area (TPSA) is 78.5 Å². The Labute approximate surface area is 167 Å². The van der Waals surface area contributed by atoms with Crippen molar-refractivity contribution in [3.8, 4) is 0 Å². The van der Waals surface area contributed by atoms with Gasteiger partial charge in [0.2, 0.25) is 10.0 Å². The number of carbonyl (C=O) groups is 1. The molecule has 2 unspecified atom stereocenters. The lowest BCUT2D eigenvalue weighted by molar-refractivity contribution is 0.0923. The number of hydrogen-bond donors (Lipinski definition) is 2. The lowest BCUT2D eigenvalue weighted by atomic mass is 9.99. The minimum absolute atomic E-state index is 0. The Bertz CT molecular complexity index is 768. The van der Waals surface area contributed by atoms with E-state index in [-0.39, 0.29) is 29.3 Å². The molecule has 3 fully saturated rings. The van der Waals surface area contributed by atoms with Crippen LogP contribution in [0.1, 0.15) is 55.3 Å². The molecular weight excluding hydrogens is 386 g/mol. The molecule has 0 aliphatic carbocycles. The van der Waals surface area contributed by atoms with E-state index in [1.54, 1.807) is 18.2 Å². The fourth-order valence-corrected chi connectivity index (χ4v) is 6.06. The predicted molar refractivity (Wildman–Crippen MR) is 107 cm³/mol. The fraction of sp³-hybridized carbons (Fsp3) is 0.632. The highest BCUT2D eigenvalue weighted by Crippen LogP contribution is 2.27. The van der Waals surface area contributed by atoms with E-state index >= 15 is 0 Å². The average molecular weight is 414 g/mol. The first-order valence-electron chi connectivity index (χ1n) is 9.69. The highest BCUT2D eigenvalue weighted by Gasteiger charge is 2.34. The largest absolute Gasteiger partial charge is 0.349 e. The van der Waals surface area contributed by atoms with Crippen LogP contribution in [0, 0.1) is 0 Å². The monoisotopic (exact) mass is 413 g/mol. The van der Waals surface area contributed by atoms with Crippen molar-refractivity contribution in [2.24, 2.45) is 0 Å². The molecule has 3 aliphatic rings. The molecule has 0 aromatic heterocycles. The van der Waals surface area contributed by atoms with Gasteiger partial charge < -0.3 is 10.6 Å². The summed E-state index contributed by atoms with van der Waals surface area (Å²) in [6.45, 7) is 1.13. The zero-order valence-electron chi connectivity index (χ0n) is 15.4. The van der Waals surface area contributed by atoms with E-state index in [0.29, 0.717) is 30.7 Å². The first-order chi connectivity index (χ1) is 12.5. The third-order valence-electron chi connectivity index (χ3n) is 5.86. The number of hydrogen-bond acceptors (Lipinski definition) is 4. The second-order valence-electron chi connectivity index (χ2n) is 7.77. The number of carbonyl (C=O) groups excluding carboxylic acids is 1. The number of amides is 1. The van der Waals surface area contributed by atoms with E-state index in [1.165, 1.54) is 23.2 Å². The molecule has 3 saturated heterocycles. The van der Waals surface area contributed by atoms with Crippen molar-refractivity contribution in [1.82, 2.24) is 14.9 Å². The molecular formula is C19H28ClN3O3S. The van der Waals surface area contributed by atoms with Crippen molar-refractivity contribution in [3.63, 3.8) is 0 Å². The van der Waals surface area contributed by atoms with Gasteiger partial charge in [-0.25, -0.2) is 8.42 Å². The predicted octanol–water partition coefficient (Wildman–Crippen LogP) is 2.30. The molecule has 1 aromatic rings. The molecule has 3 aliphatic heterocycles. The van der Waals surface area contributed by atoms with Gasteiger partial charge in [-0.1, -0.05) is 12.5 Å². The van der Waals surface area contributed by atoms with Gasteiger partial charge in [0.05, 0.1) is 4.90 Å². The molecule has 2 bridgehead atoms. The van der Waals surface area contributed by atoms with Crippen LogP contribution in [-0.4, -0.2) is 49.8 Å². The zero-order valence-corrected chi connectivity index (χ0v) is 17.0. The van der Waals surface area contributed by atoms with Gasteiger partial charge in [-0.15, -0.1) is 12.4 Å². The standard InChI is InChI=1S/C19H27N3O3S.ClH/c23-19(21-17-12-15-7-8-16(13-17)20-15)14-5-4-6-18(11-14)26(24,25)22-9-2-1-3-10-22;/h4-6,11,15-17,20H,1-3,7-10,12-13H2,(H,21,23);1H. The Hall–Kier alpha value is -1.15. The van der Waals surface area contributed by atoms with Crippen molar-refractivity contribution in [2.75, 3.05) is 13.1 Å². The molecule has 8 heteroatoms. The molecule has 1 amide bonds. The number of nitrogens with zero attached hydrogens (tertiary/aromatic N) is 1. The van der Waals surface area contributed by atoms with Gasteiger partial charge in [0.1, 0.15) is 0 Å². The summed E-state index contributed by atoms with van der Waals surface area (Å²) in [5, 5.41) is 6.67. The second-order valence-corrected chi connectivity index (χ2v) is 9.71. The van der Waals surface area contributed by atoms with E-state index in [4.69, 9.17) is 0 Å². The molecule has 2 atom stereocenters. The van der Waals surface area contributed by atoms with Crippen LogP contribution >= 0.6 is 12.4 Å². The summed E-state index contributed by atoms with van der Waals surface area (Å²) in [4.78, 5) is 12.9. The highest BCUT2D eigenvalue weighted by atomic mass is 35.5. The molecule has 6 nitrogen and oxygen atoms in total. The molecule has 150 valence electrons. The molecule has 0 saturated carbocycles. The maximum absolute atomic E-state index is 12.8. The van der Waals surface area contributed by atoms with Gasteiger partial charge in [0, 0.05) is 36.8 Å². The zero-order chi connectivity index (χ0) is 18.1.